The largest absolute Gasteiger partial charge is 0.476 e. The highest BCUT2D eigenvalue weighted by atomic mass is 16.4. The summed E-state index contributed by atoms with van der Waals surface area (Å²) in [5, 5.41) is 8.64. The highest BCUT2D eigenvalue weighted by Gasteiger charge is 2.25. The number of rotatable bonds is 2. The molecule has 5 heteroatoms. The Hall–Kier alpha value is -1.36. The topological polar surface area (TPSA) is 58.4 Å². The van der Waals surface area contributed by atoms with E-state index >= 15 is 0 Å². The fourth-order valence-electron chi connectivity index (χ4n) is 1.50. The molecule has 1 aromatic heterocycles. The van der Waals surface area contributed by atoms with Crippen LogP contribution in [-0.2, 0) is 0 Å². The van der Waals surface area contributed by atoms with Crippen LogP contribution in [0.4, 0.5) is 0 Å². The van der Waals surface area contributed by atoms with Crippen LogP contribution < -0.4 is 0 Å². The maximum absolute atomic E-state index is 10.5. The molecule has 0 spiro atoms. The highest BCUT2D eigenvalue weighted by Crippen LogP contribution is 2.18. The molecule has 0 aromatic carbocycles. The first-order valence-corrected chi connectivity index (χ1v) is 4.12. The normalized spacial score (nSPS) is 18.5. The lowest BCUT2D eigenvalue weighted by molar-refractivity contribution is 0.0690. The van der Waals surface area contributed by atoms with E-state index in [-0.39, 0.29) is 5.69 Å². The molecule has 0 aliphatic carbocycles. The van der Waals surface area contributed by atoms with Crippen LogP contribution in [0.25, 0.3) is 0 Å². The Labute approximate surface area is 75.6 Å². The Kier molecular flexibility index (Phi) is 1.81. The number of hydrogen-bond donors (Lipinski definition) is 1. The van der Waals surface area contributed by atoms with Crippen molar-refractivity contribution in [1.29, 1.82) is 0 Å². The van der Waals surface area contributed by atoms with Crippen molar-refractivity contribution in [1.82, 2.24) is 14.5 Å². The van der Waals surface area contributed by atoms with Gasteiger partial charge >= 0.3 is 5.97 Å². The van der Waals surface area contributed by atoms with E-state index in [0.29, 0.717) is 6.04 Å². The summed E-state index contributed by atoms with van der Waals surface area (Å²) in [6.45, 7) is 1.94. The average Bonchev–Trinajstić information content (AvgIpc) is 2.46. The molecule has 1 aromatic rings. The number of carbonyl (C=O) groups is 1. The summed E-state index contributed by atoms with van der Waals surface area (Å²) < 4.78 is 1.86. The summed E-state index contributed by atoms with van der Waals surface area (Å²) >= 11 is 0. The number of aromatic nitrogens is 2. The summed E-state index contributed by atoms with van der Waals surface area (Å²) in [6, 6.07) is 0.394. The molecule has 1 aliphatic heterocycles. The Morgan fingerprint density at radius 1 is 1.69 bits per heavy atom. The molecule has 1 N–H and O–H groups in total. The van der Waals surface area contributed by atoms with Crippen molar-refractivity contribution in [3.05, 3.63) is 18.2 Å². The quantitative estimate of drug-likeness (QED) is 0.701. The monoisotopic (exact) mass is 181 g/mol. The molecule has 2 rings (SSSR count). The van der Waals surface area contributed by atoms with Gasteiger partial charge in [-0.3, -0.25) is 0 Å². The number of carboxylic acids is 1. The second-order valence-corrected chi connectivity index (χ2v) is 3.39. The molecule has 0 unspecified atom stereocenters. The molecule has 1 saturated heterocycles. The van der Waals surface area contributed by atoms with E-state index < -0.39 is 5.97 Å². The Morgan fingerprint density at radius 3 is 2.85 bits per heavy atom. The third-order valence-corrected chi connectivity index (χ3v) is 2.29. The summed E-state index contributed by atoms with van der Waals surface area (Å²) in [6.07, 6.45) is 3.17. The molecule has 70 valence electrons. The van der Waals surface area contributed by atoms with Gasteiger partial charge in [-0.25, -0.2) is 9.78 Å². The van der Waals surface area contributed by atoms with E-state index in [1.165, 1.54) is 0 Å². The van der Waals surface area contributed by atoms with Crippen molar-refractivity contribution in [2.45, 2.75) is 6.04 Å². The number of nitrogens with zero attached hydrogens (tertiary/aromatic N) is 3. The van der Waals surface area contributed by atoms with E-state index in [4.69, 9.17) is 5.11 Å². The summed E-state index contributed by atoms with van der Waals surface area (Å²) in [5.74, 6) is -0.966. The third kappa shape index (κ3) is 1.42. The van der Waals surface area contributed by atoms with Gasteiger partial charge in [-0.15, -0.1) is 0 Å². The second kappa shape index (κ2) is 2.85. The van der Waals surface area contributed by atoms with Crippen molar-refractivity contribution >= 4 is 5.97 Å². The van der Waals surface area contributed by atoms with Gasteiger partial charge in [-0.05, 0) is 7.05 Å². The maximum atomic E-state index is 10.5. The molecule has 1 fully saturated rings. The first-order valence-electron chi connectivity index (χ1n) is 4.12. The van der Waals surface area contributed by atoms with Crippen LogP contribution >= 0.6 is 0 Å². The van der Waals surface area contributed by atoms with E-state index in [0.717, 1.165) is 13.1 Å². The summed E-state index contributed by atoms with van der Waals surface area (Å²) in [7, 11) is 2.03. The molecular formula is C8H11N3O2. The standard InChI is InChI=1S/C8H11N3O2/c1-10-2-6(3-10)11-4-7(8(12)13)9-5-11/h4-6H,2-3H2,1H3,(H,12,13). The van der Waals surface area contributed by atoms with Crippen LogP contribution in [0.5, 0.6) is 0 Å². The average molecular weight is 181 g/mol. The van der Waals surface area contributed by atoms with Gasteiger partial charge in [0.2, 0.25) is 0 Å². The van der Waals surface area contributed by atoms with E-state index in [1.54, 1.807) is 12.5 Å². The van der Waals surface area contributed by atoms with Crippen molar-refractivity contribution in [2.24, 2.45) is 0 Å². The molecule has 1 aliphatic rings. The SMILES string of the molecule is CN1CC(n2cnc(C(=O)O)c2)C1. The molecule has 2 heterocycles. The lowest BCUT2D eigenvalue weighted by atomic mass is 10.1. The van der Waals surface area contributed by atoms with Crippen LogP contribution in [-0.4, -0.2) is 45.7 Å². The van der Waals surface area contributed by atoms with Gasteiger partial charge in [0, 0.05) is 19.3 Å². The minimum atomic E-state index is -0.966. The molecule has 5 nitrogen and oxygen atoms in total. The van der Waals surface area contributed by atoms with Crippen molar-refractivity contribution in [3.63, 3.8) is 0 Å². The minimum Gasteiger partial charge on any atom is -0.476 e. The van der Waals surface area contributed by atoms with Gasteiger partial charge in [0.25, 0.3) is 0 Å². The van der Waals surface area contributed by atoms with E-state index in [9.17, 15) is 4.79 Å². The Morgan fingerprint density at radius 2 is 2.38 bits per heavy atom. The Bertz CT molecular complexity index is 328. The van der Waals surface area contributed by atoms with Crippen LogP contribution in [0, 0.1) is 0 Å². The van der Waals surface area contributed by atoms with Gasteiger partial charge in [-0.2, -0.15) is 0 Å². The van der Waals surface area contributed by atoms with E-state index in [1.807, 2.05) is 11.6 Å². The van der Waals surface area contributed by atoms with Crippen LogP contribution in [0.2, 0.25) is 0 Å². The molecule has 0 bridgehead atoms. The van der Waals surface area contributed by atoms with Gasteiger partial charge < -0.3 is 14.6 Å². The highest BCUT2D eigenvalue weighted by molar-refractivity contribution is 5.84. The fourth-order valence-corrected chi connectivity index (χ4v) is 1.50. The molecule has 0 atom stereocenters. The third-order valence-electron chi connectivity index (χ3n) is 2.29. The van der Waals surface area contributed by atoms with Gasteiger partial charge in [0.1, 0.15) is 0 Å². The van der Waals surface area contributed by atoms with Crippen molar-refractivity contribution in [3.8, 4) is 0 Å². The van der Waals surface area contributed by atoms with Crippen LogP contribution in [0.1, 0.15) is 16.5 Å². The lowest BCUT2D eigenvalue weighted by Gasteiger charge is -2.36. The molecule has 13 heavy (non-hydrogen) atoms. The number of likely N-dealkylation sites (N-methyl/N-ethyl adjacent to an activating group) is 1. The first-order chi connectivity index (χ1) is 6.16. The van der Waals surface area contributed by atoms with Gasteiger partial charge in [0.05, 0.1) is 12.4 Å². The van der Waals surface area contributed by atoms with Crippen LogP contribution in [0.15, 0.2) is 12.5 Å². The first kappa shape index (κ1) is 8.25. The lowest BCUT2D eigenvalue weighted by Crippen LogP contribution is -2.44. The molecule has 0 saturated carbocycles. The van der Waals surface area contributed by atoms with Crippen LogP contribution in [0.3, 0.4) is 0 Å². The zero-order valence-electron chi connectivity index (χ0n) is 7.34. The summed E-state index contributed by atoms with van der Waals surface area (Å²) in [5.41, 5.74) is 0.120. The number of aromatic carboxylic acids is 1. The number of imidazole rings is 1. The Balaban J connectivity index is 2.10. The van der Waals surface area contributed by atoms with Gasteiger partial charge in [-0.1, -0.05) is 0 Å². The maximum Gasteiger partial charge on any atom is 0.356 e. The van der Waals surface area contributed by atoms with E-state index in [2.05, 4.69) is 9.88 Å². The number of hydrogen-bond acceptors (Lipinski definition) is 3. The van der Waals surface area contributed by atoms with Crippen molar-refractivity contribution < 1.29 is 9.90 Å². The molecular weight excluding hydrogens is 170 g/mol. The molecule has 0 amide bonds. The second-order valence-electron chi connectivity index (χ2n) is 3.39. The number of likely N-dealkylation sites (tertiary alicyclic amines) is 1. The predicted octanol–water partition coefficient (Wildman–Crippen LogP) is 0.0678. The predicted molar refractivity (Wildman–Crippen MR) is 45.7 cm³/mol. The zero-order chi connectivity index (χ0) is 9.42. The summed E-state index contributed by atoms with van der Waals surface area (Å²) in [4.78, 5) is 16.5. The minimum absolute atomic E-state index is 0.120. The fraction of sp³-hybridized carbons (Fsp3) is 0.500. The molecule has 0 radical (unpaired) electrons. The van der Waals surface area contributed by atoms with Gasteiger partial charge in [0.15, 0.2) is 5.69 Å². The zero-order valence-corrected chi connectivity index (χ0v) is 7.34. The number of carboxylic acid groups (broad SMARTS) is 1. The van der Waals surface area contributed by atoms with Crippen molar-refractivity contribution in [2.75, 3.05) is 20.1 Å². The smallest absolute Gasteiger partial charge is 0.356 e.